The van der Waals surface area contributed by atoms with Gasteiger partial charge in [-0.2, -0.15) is 0 Å². The highest BCUT2D eigenvalue weighted by Gasteiger charge is 2.09. The van der Waals surface area contributed by atoms with E-state index < -0.39 is 0 Å². The van der Waals surface area contributed by atoms with Gasteiger partial charge in [0.25, 0.3) is 6.07 Å². The van der Waals surface area contributed by atoms with Gasteiger partial charge in [0.2, 0.25) is 0 Å². The Morgan fingerprint density at radius 2 is 2.50 bits per heavy atom. The van der Waals surface area contributed by atoms with Crippen molar-refractivity contribution in [2.45, 2.75) is 6.42 Å². The molecule has 0 saturated heterocycles. The summed E-state index contributed by atoms with van der Waals surface area (Å²) in [6, 6.07) is 2.36. The van der Waals surface area contributed by atoms with Crippen LogP contribution in [0.5, 0.6) is 0 Å². The molecular formula is C5H6N+. The smallest absolute Gasteiger partial charge is 0.101 e. The van der Waals surface area contributed by atoms with Gasteiger partial charge < -0.3 is 0 Å². The standard InChI is InChI=1S/C5H5N/c6-4-5-2-1-3-5/h1-2,5H,3H2/p+1. The van der Waals surface area contributed by atoms with Crippen molar-refractivity contribution in [2.24, 2.45) is 5.92 Å². The van der Waals surface area contributed by atoms with Gasteiger partial charge in [0.05, 0.1) is 0 Å². The number of allylic oxidation sites excluding steroid dienone is 2. The van der Waals surface area contributed by atoms with Crippen LogP contribution in [0.3, 0.4) is 0 Å². The zero-order valence-corrected chi connectivity index (χ0v) is 3.44. The second-order valence-electron chi connectivity index (χ2n) is 1.41. The molecule has 0 radical (unpaired) electrons. The molecule has 6 heavy (non-hydrogen) atoms. The van der Waals surface area contributed by atoms with E-state index in [0.717, 1.165) is 6.42 Å². The molecule has 1 atom stereocenters. The summed E-state index contributed by atoms with van der Waals surface area (Å²) in [6.07, 6.45) is 5.06. The Labute approximate surface area is 36.9 Å². The predicted octanol–water partition coefficient (Wildman–Crippen LogP) is -0.665. The summed E-state index contributed by atoms with van der Waals surface area (Å²) in [5.74, 6) is 0.352. The first kappa shape index (κ1) is 3.42. The number of hydrogen-bond donors (Lipinski definition) is 1. The highest BCUT2D eigenvalue weighted by Crippen LogP contribution is 2.12. The number of rotatable bonds is 0. The van der Waals surface area contributed by atoms with Crippen molar-refractivity contribution in [3.8, 4) is 6.07 Å². The fourth-order valence-electron chi connectivity index (χ4n) is 0.379. The van der Waals surface area contributed by atoms with Gasteiger partial charge in [-0.25, -0.2) is 0 Å². The normalized spacial score (nSPS) is 28.2. The minimum Gasteiger partial charge on any atom is -0.101 e. The zero-order valence-electron chi connectivity index (χ0n) is 3.44. The van der Waals surface area contributed by atoms with E-state index in [9.17, 15) is 0 Å². The van der Waals surface area contributed by atoms with E-state index in [1.807, 2.05) is 12.2 Å². The molecule has 1 nitrogen and oxygen atoms in total. The third-order valence-electron chi connectivity index (χ3n) is 0.944. The van der Waals surface area contributed by atoms with Crippen molar-refractivity contribution in [3.63, 3.8) is 0 Å². The van der Waals surface area contributed by atoms with Gasteiger partial charge in [0.15, 0.2) is 0 Å². The molecule has 0 aromatic rings. The van der Waals surface area contributed by atoms with Gasteiger partial charge in [-0.05, 0) is 6.42 Å². The molecule has 1 unspecified atom stereocenters. The average Bonchev–Trinajstić information content (AvgIpc) is 1.31. The summed E-state index contributed by atoms with van der Waals surface area (Å²) in [7, 11) is 0. The minimum absolute atomic E-state index is 0.352. The van der Waals surface area contributed by atoms with Crippen molar-refractivity contribution < 1.29 is 5.26 Å². The van der Waals surface area contributed by atoms with Gasteiger partial charge in [0.1, 0.15) is 5.92 Å². The van der Waals surface area contributed by atoms with E-state index in [4.69, 9.17) is 5.26 Å². The lowest BCUT2D eigenvalue weighted by Gasteiger charge is -2.01. The molecule has 1 N–H and O–H groups in total. The molecule has 1 rings (SSSR count). The lowest BCUT2D eigenvalue weighted by atomic mass is 9.98. The van der Waals surface area contributed by atoms with E-state index in [1.54, 1.807) is 0 Å². The molecule has 0 fully saturated rings. The molecule has 0 bridgehead atoms. The summed E-state index contributed by atoms with van der Waals surface area (Å²) in [5.41, 5.74) is 0. The largest absolute Gasteiger partial charge is 0.278 e. The maximum Gasteiger partial charge on any atom is 0.278 e. The SMILES string of the molecule is [NH+]#CC1C=CC1. The summed E-state index contributed by atoms with van der Waals surface area (Å²) in [5, 5.41) is 6.56. The minimum atomic E-state index is 0.352. The monoisotopic (exact) mass is 80.0 g/mol. The average molecular weight is 80.1 g/mol. The fraction of sp³-hybridized carbons (Fsp3) is 0.400. The summed E-state index contributed by atoms with van der Waals surface area (Å²) >= 11 is 0. The van der Waals surface area contributed by atoms with Crippen LogP contribution in [0.2, 0.25) is 0 Å². The second kappa shape index (κ2) is 1.14. The molecule has 0 aliphatic heterocycles. The first-order valence-corrected chi connectivity index (χ1v) is 2.02. The van der Waals surface area contributed by atoms with Gasteiger partial charge in [0, 0.05) is 0 Å². The first-order chi connectivity index (χ1) is 2.93. The van der Waals surface area contributed by atoms with Gasteiger partial charge >= 0.3 is 0 Å². The van der Waals surface area contributed by atoms with E-state index in [1.165, 1.54) is 0 Å². The Kier molecular flexibility index (Phi) is 0.648. The Morgan fingerprint density at radius 3 is 2.50 bits per heavy atom. The summed E-state index contributed by atoms with van der Waals surface area (Å²) in [6.45, 7) is 0. The molecule has 0 amide bonds. The van der Waals surface area contributed by atoms with Gasteiger partial charge in [-0.15, -0.1) is 5.26 Å². The van der Waals surface area contributed by atoms with Crippen LogP contribution in [-0.2, 0) is 0 Å². The number of nitrogens with one attached hydrogen (secondary N) is 1. The van der Waals surface area contributed by atoms with Gasteiger partial charge in [-0.1, -0.05) is 12.2 Å². The second-order valence-corrected chi connectivity index (χ2v) is 1.41. The fourth-order valence-corrected chi connectivity index (χ4v) is 0.379. The zero-order chi connectivity index (χ0) is 4.41. The molecular weight excluding hydrogens is 74.1 g/mol. The van der Waals surface area contributed by atoms with Crippen LogP contribution in [-0.4, -0.2) is 0 Å². The predicted molar refractivity (Wildman–Crippen MR) is 22.1 cm³/mol. The Balaban J connectivity index is 2.46. The van der Waals surface area contributed by atoms with Crippen molar-refractivity contribution >= 4 is 0 Å². The first-order valence-electron chi connectivity index (χ1n) is 2.02. The van der Waals surface area contributed by atoms with Crippen molar-refractivity contribution in [3.05, 3.63) is 12.2 Å². The highest BCUT2D eigenvalue weighted by molar-refractivity contribution is 5.10. The molecule has 0 aromatic carbocycles. The molecule has 0 spiro atoms. The molecule has 30 valence electrons. The third kappa shape index (κ3) is 0.307. The maximum absolute atomic E-state index is 6.56. The van der Waals surface area contributed by atoms with Crippen molar-refractivity contribution in [1.29, 1.82) is 0 Å². The summed E-state index contributed by atoms with van der Waals surface area (Å²) in [4.78, 5) is 0. The van der Waals surface area contributed by atoms with Crippen LogP contribution in [0.1, 0.15) is 6.42 Å². The highest BCUT2D eigenvalue weighted by atomic mass is 14.3. The van der Waals surface area contributed by atoms with Gasteiger partial charge in [-0.3, -0.25) is 0 Å². The lowest BCUT2D eigenvalue weighted by molar-refractivity contribution is -0.0974. The molecule has 1 aliphatic rings. The van der Waals surface area contributed by atoms with Crippen LogP contribution in [0.15, 0.2) is 12.2 Å². The topological polar surface area (TPSA) is 23.8 Å². The Morgan fingerprint density at radius 1 is 1.83 bits per heavy atom. The third-order valence-corrected chi connectivity index (χ3v) is 0.944. The van der Waals surface area contributed by atoms with E-state index in [0.29, 0.717) is 5.92 Å². The van der Waals surface area contributed by atoms with E-state index in [2.05, 4.69) is 6.07 Å². The molecule has 0 saturated carbocycles. The van der Waals surface area contributed by atoms with E-state index >= 15 is 0 Å². The quantitative estimate of drug-likeness (QED) is 0.373. The van der Waals surface area contributed by atoms with Crippen molar-refractivity contribution in [2.75, 3.05) is 0 Å². The molecule has 1 heteroatoms. The molecule has 1 aliphatic carbocycles. The van der Waals surface area contributed by atoms with Crippen LogP contribution in [0.4, 0.5) is 0 Å². The van der Waals surface area contributed by atoms with Crippen LogP contribution in [0, 0.1) is 12.0 Å². The Hall–Kier alpha value is -0.770. The van der Waals surface area contributed by atoms with Crippen LogP contribution >= 0.6 is 0 Å². The van der Waals surface area contributed by atoms with Crippen LogP contribution < -0.4 is 5.26 Å². The van der Waals surface area contributed by atoms with E-state index in [-0.39, 0.29) is 0 Å². The lowest BCUT2D eigenvalue weighted by Crippen LogP contribution is -2.21. The summed E-state index contributed by atoms with van der Waals surface area (Å²) < 4.78 is 0. The molecule has 0 aromatic heterocycles. The molecule has 0 heterocycles. The van der Waals surface area contributed by atoms with Crippen LogP contribution in [0.25, 0.3) is 0 Å². The maximum atomic E-state index is 6.56. The van der Waals surface area contributed by atoms with Crippen molar-refractivity contribution in [1.82, 2.24) is 0 Å². The Bertz CT molecular complexity index is 108. The number of hydrogen-bond acceptors (Lipinski definition) is 0.